The Morgan fingerprint density at radius 3 is 2.51 bits per heavy atom. The van der Waals surface area contributed by atoms with Crippen molar-refractivity contribution in [3.8, 4) is 11.4 Å². The third-order valence-electron chi connectivity index (χ3n) is 7.29. The highest BCUT2D eigenvalue weighted by molar-refractivity contribution is 7.98. The molecule has 0 saturated carbocycles. The van der Waals surface area contributed by atoms with Gasteiger partial charge in [0.15, 0.2) is 11.6 Å². The summed E-state index contributed by atoms with van der Waals surface area (Å²) in [6.45, 7) is 6.39. The molecule has 1 aromatic carbocycles. The lowest BCUT2D eigenvalue weighted by atomic mass is 10.0. The molecule has 12 nitrogen and oxygen atoms in total. The fraction of sp³-hybridized carbons (Fsp3) is 0.500. The van der Waals surface area contributed by atoms with Gasteiger partial charge in [-0.3, -0.25) is 19.2 Å². The van der Waals surface area contributed by atoms with E-state index in [1.807, 2.05) is 50.4 Å². The molecule has 1 aliphatic rings. The van der Waals surface area contributed by atoms with Crippen molar-refractivity contribution < 1.29 is 14.4 Å². The van der Waals surface area contributed by atoms with Crippen LogP contribution >= 0.6 is 11.8 Å². The van der Waals surface area contributed by atoms with Crippen LogP contribution in [0.4, 0.5) is 0 Å². The van der Waals surface area contributed by atoms with E-state index < -0.39 is 12.1 Å². The predicted molar refractivity (Wildman–Crippen MR) is 165 cm³/mol. The molecule has 0 radical (unpaired) electrons. The van der Waals surface area contributed by atoms with Crippen molar-refractivity contribution in [1.29, 1.82) is 0 Å². The van der Waals surface area contributed by atoms with Gasteiger partial charge in [-0.2, -0.15) is 22.0 Å². The molecule has 0 saturated heterocycles. The maximum Gasteiger partial charge on any atom is 0.267 e. The van der Waals surface area contributed by atoms with Gasteiger partial charge in [0, 0.05) is 31.1 Å². The number of aryl methyl sites for hydroxylation is 1. The van der Waals surface area contributed by atoms with E-state index >= 15 is 0 Å². The van der Waals surface area contributed by atoms with Gasteiger partial charge in [-0.25, -0.2) is 14.3 Å². The number of hydrogen-bond donors (Lipinski definition) is 2. The number of rotatable bonds is 7. The number of benzene rings is 1. The maximum atomic E-state index is 13.5. The number of thioether (sulfide) groups is 1. The van der Waals surface area contributed by atoms with E-state index in [-0.39, 0.29) is 55.3 Å². The van der Waals surface area contributed by atoms with Gasteiger partial charge in [0.1, 0.15) is 12.6 Å². The van der Waals surface area contributed by atoms with Crippen LogP contribution in [0, 0.1) is 12.8 Å². The molecule has 2 aromatic heterocycles. The SMILES string of the molecule is CSCC[C@@H]1NC(=O)CCCN(C(=O)Cn2nc(C)ccc2=O)CCn2nc(-c3ccccc3)nc2[C@@H](C(C)C)NC1=O. The Kier molecular flexibility index (Phi) is 11.1. The van der Waals surface area contributed by atoms with Crippen molar-refractivity contribution in [3.05, 3.63) is 64.3 Å². The summed E-state index contributed by atoms with van der Waals surface area (Å²) in [5.41, 5.74) is 1.10. The number of aromatic nitrogens is 5. The van der Waals surface area contributed by atoms with Crippen LogP contribution in [0.1, 0.15) is 50.7 Å². The number of carbonyl (C=O) groups excluding carboxylic acids is 3. The molecule has 0 bridgehead atoms. The third kappa shape index (κ3) is 8.53. The fourth-order valence-corrected chi connectivity index (χ4v) is 5.38. The second kappa shape index (κ2) is 14.9. The summed E-state index contributed by atoms with van der Waals surface area (Å²) in [5.74, 6) is 0.938. The van der Waals surface area contributed by atoms with Gasteiger partial charge < -0.3 is 15.5 Å². The average Bonchev–Trinajstić information content (AvgIpc) is 3.41. The summed E-state index contributed by atoms with van der Waals surface area (Å²) in [6, 6.07) is 11.4. The van der Waals surface area contributed by atoms with E-state index in [9.17, 15) is 19.2 Å². The minimum absolute atomic E-state index is 0.0441. The smallest absolute Gasteiger partial charge is 0.267 e. The zero-order valence-electron chi connectivity index (χ0n) is 25.2. The zero-order valence-corrected chi connectivity index (χ0v) is 26.0. The summed E-state index contributed by atoms with van der Waals surface area (Å²) in [5, 5.41) is 15.1. The van der Waals surface area contributed by atoms with E-state index in [0.29, 0.717) is 42.5 Å². The van der Waals surface area contributed by atoms with Gasteiger partial charge in [0.25, 0.3) is 5.56 Å². The monoisotopic (exact) mass is 608 g/mol. The molecule has 43 heavy (non-hydrogen) atoms. The Labute approximate surface area is 255 Å². The molecule has 4 rings (SSSR count). The Morgan fingerprint density at radius 2 is 1.79 bits per heavy atom. The van der Waals surface area contributed by atoms with E-state index in [0.717, 1.165) is 10.2 Å². The molecular formula is C30H40N8O4S. The van der Waals surface area contributed by atoms with Crippen molar-refractivity contribution in [3.63, 3.8) is 0 Å². The molecule has 3 amide bonds. The van der Waals surface area contributed by atoms with Gasteiger partial charge in [0.2, 0.25) is 17.7 Å². The largest absolute Gasteiger partial charge is 0.344 e. The highest BCUT2D eigenvalue weighted by Gasteiger charge is 2.30. The summed E-state index contributed by atoms with van der Waals surface area (Å²) in [7, 11) is 0. The Bertz CT molecular complexity index is 1470. The molecule has 3 aromatic rings. The first-order valence-electron chi connectivity index (χ1n) is 14.6. The molecule has 0 aliphatic carbocycles. The minimum atomic E-state index is -0.703. The first-order valence-corrected chi connectivity index (χ1v) is 16.0. The van der Waals surface area contributed by atoms with Crippen LogP contribution in [0.15, 0.2) is 47.3 Å². The van der Waals surface area contributed by atoms with Crippen molar-refractivity contribution in [1.82, 2.24) is 40.1 Å². The lowest BCUT2D eigenvalue weighted by molar-refractivity contribution is -0.133. The fourth-order valence-electron chi connectivity index (χ4n) is 4.91. The number of carbonyl (C=O) groups is 3. The highest BCUT2D eigenvalue weighted by atomic mass is 32.2. The maximum absolute atomic E-state index is 13.5. The van der Waals surface area contributed by atoms with E-state index in [1.54, 1.807) is 34.3 Å². The van der Waals surface area contributed by atoms with Crippen LogP contribution in [-0.4, -0.2) is 78.3 Å². The molecule has 2 N–H and O–H groups in total. The van der Waals surface area contributed by atoms with Gasteiger partial charge in [-0.15, -0.1) is 0 Å². The van der Waals surface area contributed by atoms with Crippen molar-refractivity contribution >= 4 is 29.5 Å². The van der Waals surface area contributed by atoms with Crippen LogP contribution in [0.2, 0.25) is 0 Å². The number of nitrogens with zero attached hydrogens (tertiary/aromatic N) is 6. The summed E-state index contributed by atoms with van der Waals surface area (Å²) in [6.07, 6.45) is 2.97. The van der Waals surface area contributed by atoms with E-state index in [1.165, 1.54) is 6.07 Å². The van der Waals surface area contributed by atoms with Crippen LogP contribution in [0.3, 0.4) is 0 Å². The van der Waals surface area contributed by atoms with Crippen LogP contribution in [0.5, 0.6) is 0 Å². The number of fused-ring (bicyclic) bond motifs is 1. The topological polar surface area (TPSA) is 144 Å². The normalized spacial score (nSPS) is 18.5. The quantitative estimate of drug-likeness (QED) is 0.416. The Morgan fingerprint density at radius 1 is 1.02 bits per heavy atom. The van der Waals surface area contributed by atoms with E-state index in [2.05, 4.69) is 15.7 Å². The first-order chi connectivity index (χ1) is 20.7. The second-order valence-corrected chi connectivity index (χ2v) is 12.0. The van der Waals surface area contributed by atoms with Gasteiger partial charge in [0.05, 0.1) is 18.3 Å². The van der Waals surface area contributed by atoms with Gasteiger partial charge in [-0.1, -0.05) is 44.2 Å². The standard InChI is InChI=1S/C30H40N8O4S/c1-20(2)27-29-33-28(22-9-6-5-7-10-22)35-37(29)17-16-36(26(41)19-38-25(40)13-12-21(3)34-38)15-8-11-24(39)31-23(14-18-43-4)30(42)32-27/h5-7,9-10,12-13,20,23,27H,8,11,14-19H2,1-4H3,(H,31,39)(H,32,42)/t23-,27+/m0/s1. The Balaban J connectivity index is 1.70. The van der Waals surface area contributed by atoms with Crippen LogP contribution in [-0.2, 0) is 27.5 Å². The number of amides is 3. The minimum Gasteiger partial charge on any atom is -0.344 e. The molecule has 13 heteroatoms. The average molecular weight is 609 g/mol. The molecular weight excluding hydrogens is 568 g/mol. The molecule has 3 heterocycles. The number of hydrogen-bond acceptors (Lipinski definition) is 8. The molecule has 230 valence electrons. The highest BCUT2D eigenvalue weighted by Crippen LogP contribution is 2.24. The summed E-state index contributed by atoms with van der Waals surface area (Å²) < 4.78 is 2.91. The molecule has 0 fully saturated rings. The van der Waals surface area contributed by atoms with Crippen LogP contribution in [0.25, 0.3) is 11.4 Å². The zero-order chi connectivity index (χ0) is 30.9. The van der Waals surface area contributed by atoms with Crippen molar-refractivity contribution in [2.75, 3.05) is 25.1 Å². The Hall–Kier alpha value is -4.00. The molecule has 0 spiro atoms. The summed E-state index contributed by atoms with van der Waals surface area (Å²) >= 11 is 1.60. The molecule has 0 unspecified atom stereocenters. The predicted octanol–water partition coefficient (Wildman–Crippen LogP) is 2.18. The van der Waals surface area contributed by atoms with E-state index in [4.69, 9.17) is 10.1 Å². The van der Waals surface area contributed by atoms with Crippen molar-refractivity contribution in [2.45, 2.75) is 65.2 Å². The second-order valence-electron chi connectivity index (χ2n) is 11.0. The van der Waals surface area contributed by atoms with Crippen molar-refractivity contribution in [2.24, 2.45) is 5.92 Å². The summed E-state index contributed by atoms with van der Waals surface area (Å²) in [4.78, 5) is 58.8. The lowest BCUT2D eigenvalue weighted by Crippen LogP contribution is -2.49. The number of nitrogens with one attached hydrogen (secondary N) is 2. The lowest BCUT2D eigenvalue weighted by Gasteiger charge is -2.28. The molecule has 2 atom stereocenters. The molecule has 1 aliphatic heterocycles. The first kappa shape index (κ1) is 31.9. The third-order valence-corrected chi connectivity index (χ3v) is 7.93. The van der Waals surface area contributed by atoms with Gasteiger partial charge in [-0.05, 0) is 43.8 Å². The van der Waals surface area contributed by atoms with Crippen LogP contribution < -0.4 is 16.2 Å². The van der Waals surface area contributed by atoms with Gasteiger partial charge >= 0.3 is 0 Å².